The van der Waals surface area contributed by atoms with Crippen molar-refractivity contribution in [3.05, 3.63) is 39.4 Å². The van der Waals surface area contributed by atoms with E-state index in [0.29, 0.717) is 24.6 Å². The molecule has 0 bridgehead atoms. The van der Waals surface area contributed by atoms with E-state index in [1.54, 1.807) is 0 Å². The third kappa shape index (κ3) is 3.03. The summed E-state index contributed by atoms with van der Waals surface area (Å²) in [6, 6.07) is 1.51. The van der Waals surface area contributed by atoms with Gasteiger partial charge in [0.1, 0.15) is 11.5 Å². The lowest BCUT2D eigenvalue weighted by atomic mass is 10.0. The fourth-order valence-corrected chi connectivity index (χ4v) is 4.06. The van der Waals surface area contributed by atoms with Crippen molar-refractivity contribution in [2.24, 2.45) is 0 Å². The molecule has 1 fully saturated rings. The quantitative estimate of drug-likeness (QED) is 0.623. The van der Waals surface area contributed by atoms with Crippen LogP contribution in [0.25, 0.3) is 4.96 Å². The van der Waals surface area contributed by atoms with Gasteiger partial charge in [-0.25, -0.2) is 4.98 Å². The highest BCUT2D eigenvalue weighted by Gasteiger charge is 2.25. The lowest BCUT2D eigenvalue weighted by Crippen LogP contribution is -2.45. The van der Waals surface area contributed by atoms with Crippen molar-refractivity contribution in [1.82, 2.24) is 24.7 Å². The molecule has 0 spiro atoms. The first kappa shape index (κ1) is 16.6. The monoisotopic (exact) mass is 373 g/mol. The highest BCUT2D eigenvalue weighted by atomic mass is 32.1. The molecule has 10 heteroatoms. The zero-order valence-corrected chi connectivity index (χ0v) is 15.0. The van der Waals surface area contributed by atoms with Crippen molar-refractivity contribution in [2.75, 3.05) is 23.7 Å². The molecule has 0 aliphatic carbocycles. The van der Waals surface area contributed by atoms with Crippen LogP contribution in [0, 0.1) is 6.92 Å². The number of rotatable bonds is 3. The van der Waals surface area contributed by atoms with E-state index in [4.69, 9.17) is 5.73 Å². The van der Waals surface area contributed by atoms with E-state index in [9.17, 15) is 9.59 Å². The summed E-state index contributed by atoms with van der Waals surface area (Å²) in [7, 11) is 0. The van der Waals surface area contributed by atoms with Crippen LogP contribution in [0.2, 0.25) is 0 Å². The molecule has 4 heterocycles. The first-order valence-corrected chi connectivity index (χ1v) is 9.24. The molecule has 136 valence electrons. The van der Waals surface area contributed by atoms with E-state index >= 15 is 0 Å². The smallest absolute Gasteiger partial charge is 0.270 e. The first-order chi connectivity index (χ1) is 12.5. The Hall–Kier alpha value is -2.88. The molecule has 9 nitrogen and oxygen atoms in total. The van der Waals surface area contributed by atoms with Gasteiger partial charge in [-0.05, 0) is 19.8 Å². The van der Waals surface area contributed by atoms with E-state index in [1.807, 2.05) is 27.8 Å². The third-order valence-electron chi connectivity index (χ3n) is 4.55. The number of aromatic nitrogens is 4. The molecule has 0 atom stereocenters. The van der Waals surface area contributed by atoms with Crippen LogP contribution in [-0.4, -0.2) is 44.4 Å². The maximum atomic E-state index is 12.7. The van der Waals surface area contributed by atoms with Crippen molar-refractivity contribution in [3.63, 3.8) is 0 Å². The number of amides is 1. The second-order valence-corrected chi connectivity index (χ2v) is 7.20. The second-order valence-electron chi connectivity index (χ2n) is 6.33. The lowest BCUT2D eigenvalue weighted by Gasteiger charge is -2.33. The van der Waals surface area contributed by atoms with Gasteiger partial charge in [-0.3, -0.25) is 19.0 Å². The van der Waals surface area contributed by atoms with Crippen LogP contribution in [0.3, 0.4) is 0 Å². The Bertz CT molecular complexity index is 1010. The van der Waals surface area contributed by atoms with Gasteiger partial charge < -0.3 is 16.0 Å². The van der Waals surface area contributed by atoms with Crippen LogP contribution in [0.15, 0.2) is 22.4 Å². The molecule has 1 aliphatic heterocycles. The molecule has 1 aliphatic rings. The number of hydrogen-bond acceptors (Lipinski definition) is 7. The minimum Gasteiger partial charge on any atom is -0.369 e. The molecule has 3 aromatic rings. The third-order valence-corrected chi connectivity index (χ3v) is 5.31. The van der Waals surface area contributed by atoms with Gasteiger partial charge in [0.05, 0.1) is 5.69 Å². The van der Waals surface area contributed by atoms with E-state index in [1.165, 1.54) is 17.4 Å². The highest BCUT2D eigenvalue weighted by Crippen LogP contribution is 2.19. The summed E-state index contributed by atoms with van der Waals surface area (Å²) in [4.78, 5) is 38.1. The fraction of sp³-hybridized carbons (Fsp3) is 0.375. The summed E-state index contributed by atoms with van der Waals surface area (Å²) < 4.78 is 1.83. The zero-order valence-electron chi connectivity index (χ0n) is 14.2. The molecular formula is C16H19N7O2S. The number of carbonyl (C=O) groups is 1. The second kappa shape index (κ2) is 6.45. The van der Waals surface area contributed by atoms with Crippen molar-refractivity contribution < 1.29 is 4.79 Å². The predicted molar refractivity (Wildman–Crippen MR) is 99.8 cm³/mol. The standard InChI is InChI=1S/C16H19N7O2S/c1-9-13(23-6-7-26-16(23)18-9)14(25)19-10-2-4-22(5-3-10)11-8-12(24)21-15(17)20-11/h6-8,10H,2-5H2,1H3,(H,19,25)(H3,17,20,21,24). The van der Waals surface area contributed by atoms with Gasteiger partial charge in [-0.1, -0.05) is 0 Å². The highest BCUT2D eigenvalue weighted by molar-refractivity contribution is 7.15. The number of anilines is 2. The van der Waals surface area contributed by atoms with E-state index in [2.05, 4.69) is 20.3 Å². The number of nitrogen functional groups attached to an aromatic ring is 1. The molecule has 0 aromatic carbocycles. The number of nitrogens with zero attached hydrogens (tertiary/aromatic N) is 4. The molecule has 0 unspecified atom stereocenters. The molecule has 4 rings (SSSR count). The van der Waals surface area contributed by atoms with E-state index in [-0.39, 0.29) is 23.5 Å². The summed E-state index contributed by atoms with van der Waals surface area (Å²) in [5.41, 5.74) is 6.66. The van der Waals surface area contributed by atoms with Crippen molar-refractivity contribution in [2.45, 2.75) is 25.8 Å². The molecule has 1 amide bonds. The van der Waals surface area contributed by atoms with E-state index in [0.717, 1.165) is 23.5 Å². The summed E-state index contributed by atoms with van der Waals surface area (Å²) in [6.07, 6.45) is 3.40. The summed E-state index contributed by atoms with van der Waals surface area (Å²) in [5, 5.41) is 5.02. The molecular weight excluding hydrogens is 354 g/mol. The average Bonchev–Trinajstić information content (AvgIpc) is 3.14. The Balaban J connectivity index is 1.42. The number of nitrogens with two attached hydrogens (primary N) is 1. The van der Waals surface area contributed by atoms with Crippen molar-refractivity contribution in [3.8, 4) is 0 Å². The molecule has 1 saturated heterocycles. The van der Waals surface area contributed by atoms with Crippen LogP contribution < -0.4 is 21.5 Å². The molecule has 0 radical (unpaired) electrons. The Morgan fingerprint density at radius 1 is 1.38 bits per heavy atom. The maximum absolute atomic E-state index is 12.7. The molecule has 4 N–H and O–H groups in total. The maximum Gasteiger partial charge on any atom is 0.270 e. The van der Waals surface area contributed by atoms with Crippen LogP contribution in [0.1, 0.15) is 29.0 Å². The van der Waals surface area contributed by atoms with Crippen LogP contribution in [0.4, 0.5) is 11.8 Å². The number of nitrogens with one attached hydrogen (secondary N) is 2. The van der Waals surface area contributed by atoms with Gasteiger partial charge in [-0.15, -0.1) is 11.3 Å². The summed E-state index contributed by atoms with van der Waals surface area (Å²) >= 11 is 1.51. The van der Waals surface area contributed by atoms with Crippen LogP contribution in [-0.2, 0) is 0 Å². The summed E-state index contributed by atoms with van der Waals surface area (Å²) in [6.45, 7) is 3.24. The minimum atomic E-state index is -0.265. The largest absolute Gasteiger partial charge is 0.369 e. The normalized spacial score (nSPS) is 15.5. The van der Waals surface area contributed by atoms with Gasteiger partial charge in [-0.2, -0.15) is 4.98 Å². The van der Waals surface area contributed by atoms with Gasteiger partial charge >= 0.3 is 0 Å². The fourth-order valence-electron chi connectivity index (χ4n) is 3.30. The van der Waals surface area contributed by atoms with Gasteiger partial charge in [0, 0.05) is 36.8 Å². The van der Waals surface area contributed by atoms with Crippen molar-refractivity contribution >= 4 is 34.0 Å². The number of carbonyl (C=O) groups excluding carboxylic acids is 1. The first-order valence-electron chi connectivity index (χ1n) is 8.36. The topological polar surface area (TPSA) is 121 Å². The number of thiazole rings is 1. The Kier molecular flexibility index (Phi) is 4.11. The molecule has 0 saturated carbocycles. The number of piperidine rings is 1. The number of fused-ring (bicyclic) bond motifs is 1. The average molecular weight is 373 g/mol. The molecule has 3 aromatic heterocycles. The number of hydrogen-bond donors (Lipinski definition) is 3. The number of aryl methyl sites for hydroxylation is 1. The molecule has 26 heavy (non-hydrogen) atoms. The van der Waals surface area contributed by atoms with Crippen LogP contribution in [0.5, 0.6) is 0 Å². The minimum absolute atomic E-state index is 0.0710. The number of H-pyrrole nitrogens is 1. The van der Waals surface area contributed by atoms with Crippen molar-refractivity contribution in [1.29, 1.82) is 0 Å². The van der Waals surface area contributed by atoms with Gasteiger partial charge in [0.2, 0.25) is 5.95 Å². The Morgan fingerprint density at radius 3 is 2.88 bits per heavy atom. The van der Waals surface area contributed by atoms with Gasteiger partial charge in [0.15, 0.2) is 4.96 Å². The number of imidazole rings is 1. The van der Waals surface area contributed by atoms with Gasteiger partial charge in [0.25, 0.3) is 11.5 Å². The zero-order chi connectivity index (χ0) is 18.3. The number of aromatic amines is 1. The SMILES string of the molecule is Cc1nc2sccn2c1C(=O)NC1CCN(c2cc(=O)[nH]c(N)n2)CC1. The van der Waals surface area contributed by atoms with Crippen LogP contribution >= 0.6 is 11.3 Å². The lowest BCUT2D eigenvalue weighted by molar-refractivity contribution is 0.0924. The predicted octanol–water partition coefficient (Wildman–Crippen LogP) is 0.769. The Morgan fingerprint density at radius 2 is 2.15 bits per heavy atom. The Labute approximate surface area is 152 Å². The van der Waals surface area contributed by atoms with E-state index < -0.39 is 0 Å². The summed E-state index contributed by atoms with van der Waals surface area (Å²) in [5.74, 6) is 0.576.